The first-order chi connectivity index (χ1) is 8.56. The molecule has 0 aromatic carbocycles. The van der Waals surface area contributed by atoms with Gasteiger partial charge in [-0.1, -0.05) is 13.5 Å². The molecule has 110 valence electrons. The summed E-state index contributed by atoms with van der Waals surface area (Å²) in [5.41, 5.74) is -1.60. The number of amides is 1. The van der Waals surface area contributed by atoms with E-state index in [1.165, 1.54) is 13.1 Å². The number of alkyl carbamates (subject to hydrolysis) is 1. The highest BCUT2D eigenvalue weighted by Crippen LogP contribution is 2.24. The molecule has 0 spiro atoms. The average Bonchev–Trinajstić information content (AvgIpc) is 2.33. The maximum atomic E-state index is 11.6. The number of hydrogen-bond donors (Lipinski definition) is 1. The lowest BCUT2D eigenvalue weighted by molar-refractivity contribution is -0.140. The Balaban J connectivity index is 4.52. The molecular weight excluding hydrogens is 246 g/mol. The van der Waals surface area contributed by atoms with Gasteiger partial charge in [-0.25, -0.2) is 4.79 Å². The maximum absolute atomic E-state index is 11.6. The summed E-state index contributed by atoms with van der Waals surface area (Å²) in [6.07, 6.45) is 0.759. The third-order valence-electron chi connectivity index (χ3n) is 3.22. The molecule has 0 aromatic rings. The van der Waals surface area contributed by atoms with E-state index in [2.05, 4.69) is 11.9 Å². The summed E-state index contributed by atoms with van der Waals surface area (Å²) < 4.78 is 10.9. The van der Waals surface area contributed by atoms with Gasteiger partial charge in [-0.3, -0.25) is 4.79 Å². The highest BCUT2D eigenvalue weighted by Gasteiger charge is 2.33. The first-order valence-electron chi connectivity index (χ1n) is 6.28. The average molecular weight is 271 g/mol. The summed E-state index contributed by atoms with van der Waals surface area (Å²) in [5.74, 6) is -0.244. The van der Waals surface area contributed by atoms with Gasteiger partial charge in [0.2, 0.25) is 0 Å². The molecule has 0 heterocycles. The van der Waals surface area contributed by atoms with Crippen LogP contribution in [-0.2, 0) is 14.3 Å². The van der Waals surface area contributed by atoms with Crippen LogP contribution < -0.4 is 5.32 Å². The molecule has 1 amide bonds. The number of carbonyl (C=O) groups excluding carboxylic acids is 2. The molecule has 0 aromatic heterocycles. The lowest BCUT2D eigenvalue weighted by Crippen LogP contribution is -2.43. The van der Waals surface area contributed by atoms with Crippen molar-refractivity contribution in [1.29, 1.82) is 0 Å². The summed E-state index contributed by atoms with van der Waals surface area (Å²) in [7, 11) is 1.51. The molecule has 0 bridgehead atoms. The lowest BCUT2D eigenvalue weighted by Gasteiger charge is -2.33. The van der Waals surface area contributed by atoms with E-state index in [0.29, 0.717) is 6.61 Å². The van der Waals surface area contributed by atoms with Gasteiger partial charge < -0.3 is 14.8 Å². The molecule has 0 fully saturated rings. The van der Waals surface area contributed by atoms with Crippen molar-refractivity contribution in [3.63, 3.8) is 0 Å². The van der Waals surface area contributed by atoms with Gasteiger partial charge in [-0.2, -0.15) is 0 Å². The van der Waals surface area contributed by atoms with Crippen LogP contribution in [0.15, 0.2) is 12.7 Å². The van der Waals surface area contributed by atoms with E-state index in [1.807, 2.05) is 6.92 Å². The minimum absolute atomic E-state index is 0.0679. The first-order valence-corrected chi connectivity index (χ1v) is 6.28. The summed E-state index contributed by atoms with van der Waals surface area (Å²) in [5, 5.41) is 2.41. The highest BCUT2D eigenvalue weighted by atomic mass is 16.6. The summed E-state index contributed by atoms with van der Waals surface area (Å²) in [6, 6.07) is 0. The van der Waals surface area contributed by atoms with Crippen molar-refractivity contribution >= 4 is 11.9 Å². The number of ketones is 1. The smallest absolute Gasteiger partial charge is 0.407 e. The van der Waals surface area contributed by atoms with Gasteiger partial charge in [0.25, 0.3) is 0 Å². The van der Waals surface area contributed by atoms with Gasteiger partial charge >= 0.3 is 6.09 Å². The topological polar surface area (TPSA) is 64.6 Å². The number of hydrogen-bond acceptors (Lipinski definition) is 4. The fourth-order valence-corrected chi connectivity index (χ4v) is 1.24. The van der Waals surface area contributed by atoms with Crippen LogP contribution in [0, 0.1) is 5.92 Å². The maximum Gasteiger partial charge on any atom is 0.407 e. The predicted molar refractivity (Wildman–Crippen MR) is 74.0 cm³/mol. The zero-order valence-electron chi connectivity index (χ0n) is 12.7. The molecular formula is C14H25NO4. The molecule has 1 unspecified atom stereocenters. The van der Waals surface area contributed by atoms with Crippen LogP contribution in [-0.4, -0.2) is 36.7 Å². The van der Waals surface area contributed by atoms with Crippen LogP contribution in [0.1, 0.15) is 34.6 Å². The van der Waals surface area contributed by atoms with Crippen LogP contribution in [0.3, 0.4) is 0 Å². The van der Waals surface area contributed by atoms with Gasteiger partial charge in [0.05, 0.1) is 6.61 Å². The molecule has 0 saturated heterocycles. The Labute approximate surface area is 115 Å². The SMILES string of the molecule is C=CC(=O)C(C)(C)OCC(C)C(C)(C)OC(=O)NC. The standard InChI is InChI=1S/C14H25NO4/c1-8-11(16)14(5,6)18-9-10(2)13(3,4)19-12(17)15-7/h8,10H,1,9H2,2-7H3,(H,15,17). The predicted octanol–water partition coefficient (Wildman–Crippen LogP) is 2.31. The van der Waals surface area contributed by atoms with E-state index < -0.39 is 17.3 Å². The Kier molecular flexibility index (Phi) is 6.22. The Bertz CT molecular complexity index is 347. The van der Waals surface area contributed by atoms with Crippen molar-refractivity contribution in [2.75, 3.05) is 13.7 Å². The fourth-order valence-electron chi connectivity index (χ4n) is 1.24. The normalized spacial score (nSPS) is 13.6. The van der Waals surface area contributed by atoms with Crippen LogP contribution in [0.5, 0.6) is 0 Å². The van der Waals surface area contributed by atoms with Crippen molar-refractivity contribution in [3.8, 4) is 0 Å². The molecule has 1 N–H and O–H groups in total. The molecule has 0 aliphatic carbocycles. The molecule has 5 nitrogen and oxygen atoms in total. The van der Waals surface area contributed by atoms with E-state index in [9.17, 15) is 9.59 Å². The zero-order chi connectivity index (χ0) is 15.3. The Morgan fingerprint density at radius 1 is 1.32 bits per heavy atom. The van der Waals surface area contributed by atoms with Gasteiger partial charge in [-0.15, -0.1) is 0 Å². The minimum atomic E-state index is -0.918. The third-order valence-corrected chi connectivity index (χ3v) is 3.22. The number of nitrogens with one attached hydrogen (secondary N) is 1. The number of carbonyl (C=O) groups is 2. The van der Waals surface area contributed by atoms with Gasteiger partial charge in [0.1, 0.15) is 11.2 Å². The summed E-state index contributed by atoms with van der Waals surface area (Å²) in [6.45, 7) is 12.6. The van der Waals surface area contributed by atoms with Crippen molar-refractivity contribution < 1.29 is 19.1 Å². The van der Waals surface area contributed by atoms with Crippen molar-refractivity contribution in [2.45, 2.75) is 45.8 Å². The highest BCUT2D eigenvalue weighted by molar-refractivity contribution is 5.95. The summed E-state index contributed by atoms with van der Waals surface area (Å²) >= 11 is 0. The van der Waals surface area contributed by atoms with Crippen molar-refractivity contribution in [3.05, 3.63) is 12.7 Å². The van der Waals surface area contributed by atoms with E-state index in [4.69, 9.17) is 9.47 Å². The zero-order valence-corrected chi connectivity index (χ0v) is 12.7. The van der Waals surface area contributed by atoms with Crippen LogP contribution in [0.25, 0.3) is 0 Å². The Morgan fingerprint density at radius 3 is 2.26 bits per heavy atom. The van der Waals surface area contributed by atoms with E-state index in [0.717, 1.165) is 0 Å². The van der Waals surface area contributed by atoms with Crippen LogP contribution in [0.4, 0.5) is 4.79 Å². The second-order valence-electron chi connectivity index (χ2n) is 5.53. The van der Waals surface area contributed by atoms with Crippen LogP contribution >= 0.6 is 0 Å². The largest absolute Gasteiger partial charge is 0.443 e. The second-order valence-corrected chi connectivity index (χ2v) is 5.53. The Morgan fingerprint density at radius 2 is 1.84 bits per heavy atom. The van der Waals surface area contributed by atoms with Gasteiger partial charge in [-0.05, 0) is 33.8 Å². The molecule has 0 radical (unpaired) electrons. The summed E-state index contributed by atoms with van der Waals surface area (Å²) in [4.78, 5) is 22.8. The van der Waals surface area contributed by atoms with Crippen LogP contribution in [0.2, 0.25) is 0 Å². The molecule has 5 heteroatoms. The van der Waals surface area contributed by atoms with Crippen molar-refractivity contribution in [2.24, 2.45) is 5.92 Å². The molecule has 0 aliphatic rings. The molecule has 1 atom stereocenters. The third kappa shape index (κ3) is 5.42. The van der Waals surface area contributed by atoms with E-state index >= 15 is 0 Å². The van der Waals surface area contributed by atoms with E-state index in [1.54, 1.807) is 27.7 Å². The van der Waals surface area contributed by atoms with Gasteiger partial charge in [0, 0.05) is 13.0 Å². The molecule has 19 heavy (non-hydrogen) atoms. The fraction of sp³-hybridized carbons (Fsp3) is 0.714. The molecule has 0 aliphatic heterocycles. The Hall–Kier alpha value is -1.36. The number of ether oxygens (including phenoxy) is 2. The first kappa shape index (κ1) is 17.6. The van der Waals surface area contributed by atoms with Crippen molar-refractivity contribution in [1.82, 2.24) is 5.32 Å². The second kappa shape index (κ2) is 6.70. The minimum Gasteiger partial charge on any atom is -0.443 e. The monoisotopic (exact) mass is 271 g/mol. The molecule has 0 rings (SSSR count). The lowest BCUT2D eigenvalue weighted by atomic mass is 9.93. The van der Waals surface area contributed by atoms with E-state index in [-0.39, 0.29) is 11.7 Å². The molecule has 0 saturated carbocycles. The number of rotatable bonds is 7. The quantitative estimate of drug-likeness (QED) is 0.722. The van der Waals surface area contributed by atoms with Gasteiger partial charge in [0.15, 0.2) is 5.78 Å².